The number of hydrogen-bond acceptors (Lipinski definition) is 6. The van der Waals surface area contributed by atoms with E-state index < -0.39 is 21.7 Å². The van der Waals surface area contributed by atoms with Gasteiger partial charge in [0.1, 0.15) is 4.21 Å². The number of hydrogen-bond donors (Lipinski definition) is 2. The van der Waals surface area contributed by atoms with Gasteiger partial charge in [-0.25, -0.2) is 23.2 Å². The fraction of sp³-hybridized carbons (Fsp3) is 0. The lowest BCUT2D eigenvalue weighted by Gasteiger charge is -2.06. The number of rotatable bonds is 4. The standard InChI is InChI=1S/C9H5BrClN3O4S2/c10-7-4(11)3-5(19-7)20(17,18)14-8-6(9(15)16)12-1-2-13-8/h1-3H,(H,13,14)(H,15,16). The van der Waals surface area contributed by atoms with Crippen molar-refractivity contribution in [3.8, 4) is 0 Å². The van der Waals surface area contributed by atoms with Crippen molar-refractivity contribution >= 4 is 60.7 Å². The molecule has 0 saturated carbocycles. The molecule has 0 amide bonds. The third kappa shape index (κ3) is 3.08. The van der Waals surface area contributed by atoms with Gasteiger partial charge in [-0.15, -0.1) is 11.3 Å². The van der Waals surface area contributed by atoms with Crippen LogP contribution in [0.4, 0.5) is 5.82 Å². The molecule has 0 atom stereocenters. The highest BCUT2D eigenvalue weighted by molar-refractivity contribution is 9.11. The Morgan fingerprint density at radius 1 is 1.40 bits per heavy atom. The number of carboxylic acid groups (broad SMARTS) is 1. The smallest absolute Gasteiger partial charge is 0.358 e. The molecule has 0 saturated heterocycles. The predicted octanol–water partition coefficient (Wildman–Crippen LogP) is 2.45. The molecule has 0 aliphatic heterocycles. The van der Waals surface area contributed by atoms with Crippen molar-refractivity contribution in [2.24, 2.45) is 0 Å². The summed E-state index contributed by atoms with van der Waals surface area (Å²) in [6, 6.07) is 1.25. The summed E-state index contributed by atoms with van der Waals surface area (Å²) in [4.78, 5) is 18.2. The molecule has 0 bridgehead atoms. The lowest BCUT2D eigenvalue weighted by Crippen LogP contribution is -2.16. The zero-order chi connectivity index (χ0) is 14.9. The molecule has 7 nitrogen and oxygen atoms in total. The quantitative estimate of drug-likeness (QED) is 0.818. The van der Waals surface area contributed by atoms with Gasteiger partial charge < -0.3 is 5.11 Å². The summed E-state index contributed by atoms with van der Waals surface area (Å²) >= 11 is 9.77. The number of nitrogens with zero attached hydrogens (tertiary/aromatic N) is 2. The minimum absolute atomic E-state index is 0.0728. The molecule has 2 rings (SSSR count). The van der Waals surface area contributed by atoms with Gasteiger partial charge in [0.05, 0.1) is 8.81 Å². The summed E-state index contributed by atoms with van der Waals surface area (Å²) in [5, 5.41) is 9.16. The Bertz CT molecular complexity index is 758. The second kappa shape index (κ2) is 5.64. The fourth-order valence-corrected chi connectivity index (χ4v) is 4.62. The first kappa shape index (κ1) is 15.2. The molecule has 2 aromatic heterocycles. The highest BCUT2D eigenvalue weighted by Gasteiger charge is 2.23. The molecule has 0 aliphatic carbocycles. The predicted molar refractivity (Wildman–Crippen MR) is 76.8 cm³/mol. The van der Waals surface area contributed by atoms with E-state index in [9.17, 15) is 13.2 Å². The van der Waals surface area contributed by atoms with E-state index in [1.807, 2.05) is 0 Å². The lowest BCUT2D eigenvalue weighted by atomic mass is 10.4. The number of halogens is 2. The second-order valence-corrected chi connectivity index (χ2v) is 8.04. The summed E-state index contributed by atoms with van der Waals surface area (Å²) in [6.07, 6.45) is 2.33. The third-order valence-electron chi connectivity index (χ3n) is 2.02. The van der Waals surface area contributed by atoms with E-state index in [0.29, 0.717) is 3.79 Å². The van der Waals surface area contributed by atoms with Crippen molar-refractivity contribution in [1.82, 2.24) is 9.97 Å². The van der Waals surface area contributed by atoms with E-state index >= 15 is 0 Å². The van der Waals surface area contributed by atoms with Gasteiger partial charge in [-0.1, -0.05) is 11.6 Å². The number of anilines is 1. The van der Waals surface area contributed by atoms with Gasteiger partial charge in [0.2, 0.25) is 0 Å². The zero-order valence-corrected chi connectivity index (χ0v) is 13.3. The molecule has 0 unspecified atom stereocenters. The van der Waals surface area contributed by atoms with Crippen molar-refractivity contribution in [2.75, 3.05) is 4.72 Å². The Morgan fingerprint density at radius 3 is 2.60 bits per heavy atom. The maximum absolute atomic E-state index is 12.1. The first-order valence-corrected chi connectivity index (χ1v) is 8.30. The Kier molecular flexibility index (Phi) is 4.28. The fourth-order valence-electron chi connectivity index (χ4n) is 1.21. The van der Waals surface area contributed by atoms with E-state index in [1.54, 1.807) is 0 Å². The van der Waals surface area contributed by atoms with Crippen molar-refractivity contribution in [3.63, 3.8) is 0 Å². The van der Waals surface area contributed by atoms with Crippen LogP contribution in [0.25, 0.3) is 0 Å². The average molecular weight is 399 g/mol. The number of sulfonamides is 1. The number of carboxylic acids is 1. The maximum Gasteiger partial charge on any atom is 0.358 e. The number of aromatic nitrogens is 2. The van der Waals surface area contributed by atoms with Gasteiger partial charge in [0.25, 0.3) is 10.0 Å². The van der Waals surface area contributed by atoms with Crippen molar-refractivity contribution in [2.45, 2.75) is 4.21 Å². The van der Waals surface area contributed by atoms with Crippen LogP contribution in [0.1, 0.15) is 10.5 Å². The number of aromatic carboxylic acids is 1. The van der Waals surface area contributed by atoms with Crippen LogP contribution in [0.2, 0.25) is 5.02 Å². The molecule has 2 N–H and O–H groups in total. The molecule has 11 heteroatoms. The minimum atomic E-state index is -3.98. The summed E-state index contributed by atoms with van der Waals surface area (Å²) in [6.45, 7) is 0. The molecular formula is C9H5BrClN3O4S2. The van der Waals surface area contributed by atoms with Gasteiger partial charge in [-0.3, -0.25) is 4.72 Å². The van der Waals surface area contributed by atoms with Gasteiger partial charge in [-0.2, -0.15) is 0 Å². The zero-order valence-electron chi connectivity index (χ0n) is 9.37. The van der Waals surface area contributed by atoms with Crippen LogP contribution in [0.3, 0.4) is 0 Å². The highest BCUT2D eigenvalue weighted by atomic mass is 79.9. The molecule has 106 valence electrons. The molecule has 0 aliphatic rings. The van der Waals surface area contributed by atoms with E-state index in [0.717, 1.165) is 17.5 Å². The molecular weight excluding hydrogens is 394 g/mol. The number of carbonyl (C=O) groups is 1. The minimum Gasteiger partial charge on any atom is -0.476 e. The summed E-state index contributed by atoms with van der Waals surface area (Å²) in [5.41, 5.74) is -0.488. The van der Waals surface area contributed by atoms with Crippen molar-refractivity contribution in [1.29, 1.82) is 0 Å². The first-order chi connectivity index (χ1) is 9.31. The van der Waals surface area contributed by atoms with Crippen LogP contribution in [-0.2, 0) is 10.0 Å². The highest BCUT2D eigenvalue weighted by Crippen LogP contribution is 2.35. The monoisotopic (exact) mass is 397 g/mol. The van der Waals surface area contributed by atoms with Crippen LogP contribution in [-0.4, -0.2) is 29.5 Å². The van der Waals surface area contributed by atoms with Crippen LogP contribution in [0, 0.1) is 0 Å². The number of nitrogens with one attached hydrogen (secondary N) is 1. The Balaban J connectivity index is 2.41. The van der Waals surface area contributed by atoms with Crippen LogP contribution >= 0.6 is 38.9 Å². The first-order valence-electron chi connectivity index (χ1n) is 4.83. The third-order valence-corrected chi connectivity index (χ3v) is 6.31. The summed E-state index contributed by atoms with van der Waals surface area (Å²) in [5.74, 6) is -1.75. The van der Waals surface area contributed by atoms with E-state index in [4.69, 9.17) is 16.7 Å². The van der Waals surface area contributed by atoms with Crippen molar-refractivity contribution < 1.29 is 18.3 Å². The second-order valence-electron chi connectivity index (χ2n) is 3.35. The topological polar surface area (TPSA) is 109 Å². The molecule has 0 spiro atoms. The molecule has 2 aromatic rings. The van der Waals surface area contributed by atoms with Crippen LogP contribution < -0.4 is 4.72 Å². The van der Waals surface area contributed by atoms with Crippen LogP contribution in [0.15, 0.2) is 26.5 Å². The van der Waals surface area contributed by atoms with E-state index in [1.165, 1.54) is 12.3 Å². The van der Waals surface area contributed by atoms with E-state index in [2.05, 4.69) is 30.6 Å². The summed E-state index contributed by atoms with van der Waals surface area (Å²) in [7, 11) is -3.98. The SMILES string of the molecule is O=C(O)c1nccnc1NS(=O)(=O)c1cc(Cl)c(Br)s1. The largest absolute Gasteiger partial charge is 0.476 e. The van der Waals surface area contributed by atoms with Gasteiger partial charge in [-0.05, 0) is 22.0 Å². The van der Waals surface area contributed by atoms with E-state index in [-0.39, 0.29) is 15.0 Å². The van der Waals surface area contributed by atoms with Gasteiger partial charge in [0.15, 0.2) is 11.5 Å². The maximum atomic E-state index is 12.1. The van der Waals surface area contributed by atoms with Crippen molar-refractivity contribution in [3.05, 3.63) is 33.0 Å². The number of thiophene rings is 1. The molecule has 0 fully saturated rings. The Labute approximate surface area is 130 Å². The normalized spacial score (nSPS) is 11.3. The molecule has 0 aromatic carbocycles. The Morgan fingerprint density at radius 2 is 2.05 bits per heavy atom. The lowest BCUT2D eigenvalue weighted by molar-refractivity contribution is 0.0691. The Hall–Kier alpha value is -1.23. The summed E-state index contributed by atoms with van der Waals surface area (Å²) < 4.78 is 26.7. The molecule has 2 heterocycles. The average Bonchev–Trinajstić information content (AvgIpc) is 2.70. The molecule has 0 radical (unpaired) electrons. The van der Waals surface area contributed by atoms with Gasteiger partial charge >= 0.3 is 5.97 Å². The van der Waals surface area contributed by atoms with Gasteiger partial charge in [0, 0.05) is 12.4 Å². The molecule has 20 heavy (non-hydrogen) atoms. The van der Waals surface area contributed by atoms with Crippen LogP contribution in [0.5, 0.6) is 0 Å².